The lowest BCUT2D eigenvalue weighted by molar-refractivity contribution is 0.782. The van der Waals surface area contributed by atoms with Crippen molar-refractivity contribution in [2.45, 2.75) is 0 Å². The van der Waals surface area contributed by atoms with Gasteiger partial charge in [0.25, 0.3) is 0 Å². The molecule has 0 saturated carbocycles. The van der Waals surface area contributed by atoms with E-state index in [4.69, 9.17) is 11.0 Å². The van der Waals surface area contributed by atoms with Gasteiger partial charge in [0, 0.05) is 23.2 Å². The third-order valence-corrected chi connectivity index (χ3v) is 2.98. The maximum absolute atomic E-state index is 8.84. The number of nitrogen functional groups attached to an aromatic ring is 1. The molecule has 0 aliphatic carbocycles. The molecule has 16 heavy (non-hydrogen) atoms. The van der Waals surface area contributed by atoms with Crippen LogP contribution in [0.5, 0.6) is 0 Å². The van der Waals surface area contributed by atoms with Gasteiger partial charge in [-0.3, -0.25) is 4.68 Å². The zero-order valence-corrected chi connectivity index (χ0v) is 10.2. The van der Waals surface area contributed by atoms with Crippen molar-refractivity contribution >= 4 is 21.7 Å². The molecule has 0 aliphatic rings. The number of hydrogen-bond donors (Lipinski definition) is 1. The summed E-state index contributed by atoms with van der Waals surface area (Å²) in [5, 5.41) is 13.1. The molecule has 0 saturated heterocycles. The van der Waals surface area contributed by atoms with Gasteiger partial charge in [0.2, 0.25) is 0 Å². The molecule has 0 unspecified atom stereocenters. The Morgan fingerprint density at radius 1 is 1.44 bits per heavy atom. The zero-order valence-electron chi connectivity index (χ0n) is 8.61. The molecule has 0 spiro atoms. The van der Waals surface area contributed by atoms with Gasteiger partial charge >= 0.3 is 0 Å². The molecule has 0 amide bonds. The maximum Gasteiger partial charge on any atom is 0.121 e. The fourth-order valence-corrected chi connectivity index (χ4v) is 1.85. The quantitative estimate of drug-likeness (QED) is 0.869. The van der Waals surface area contributed by atoms with E-state index < -0.39 is 0 Å². The Kier molecular flexibility index (Phi) is 2.67. The van der Waals surface area contributed by atoms with E-state index in [1.165, 1.54) is 0 Å². The average molecular weight is 277 g/mol. The van der Waals surface area contributed by atoms with Crippen LogP contribution in [0.15, 0.2) is 28.7 Å². The summed E-state index contributed by atoms with van der Waals surface area (Å²) in [6.07, 6.45) is 0. The highest BCUT2D eigenvalue weighted by atomic mass is 79.9. The van der Waals surface area contributed by atoms with Crippen molar-refractivity contribution in [2.75, 3.05) is 5.73 Å². The van der Waals surface area contributed by atoms with E-state index >= 15 is 0 Å². The number of nitrogens with zero attached hydrogens (tertiary/aromatic N) is 3. The molecule has 1 aromatic carbocycles. The van der Waals surface area contributed by atoms with Crippen LogP contribution in [0.4, 0.5) is 5.82 Å². The molecule has 5 heteroatoms. The first-order valence-corrected chi connectivity index (χ1v) is 5.40. The van der Waals surface area contributed by atoms with Crippen molar-refractivity contribution in [2.24, 2.45) is 7.05 Å². The predicted octanol–water partition coefficient (Wildman–Crippen LogP) is 2.30. The zero-order chi connectivity index (χ0) is 11.7. The smallest absolute Gasteiger partial charge is 0.121 e. The third kappa shape index (κ3) is 1.79. The van der Waals surface area contributed by atoms with Crippen LogP contribution in [0.3, 0.4) is 0 Å². The molecule has 4 nitrogen and oxygen atoms in total. The molecule has 0 aliphatic heterocycles. The fraction of sp³-hybridized carbons (Fsp3) is 0.0909. The lowest BCUT2D eigenvalue weighted by Crippen LogP contribution is -1.96. The average Bonchev–Trinajstić information content (AvgIpc) is 2.60. The van der Waals surface area contributed by atoms with Crippen molar-refractivity contribution < 1.29 is 0 Å². The summed E-state index contributed by atoms with van der Waals surface area (Å²) in [5.41, 5.74) is 7.94. The SMILES string of the molecule is Cn1nc(-c2cc(C#N)ccc2Br)cc1N. The molecule has 0 fully saturated rings. The van der Waals surface area contributed by atoms with Crippen molar-refractivity contribution in [3.05, 3.63) is 34.3 Å². The minimum absolute atomic E-state index is 0.587. The van der Waals surface area contributed by atoms with E-state index in [0.29, 0.717) is 11.4 Å². The molecule has 1 aromatic heterocycles. The van der Waals surface area contributed by atoms with Crippen molar-refractivity contribution in [3.63, 3.8) is 0 Å². The minimum Gasteiger partial charge on any atom is -0.384 e. The van der Waals surface area contributed by atoms with Gasteiger partial charge < -0.3 is 5.73 Å². The minimum atomic E-state index is 0.587. The van der Waals surface area contributed by atoms with Gasteiger partial charge in [-0.1, -0.05) is 15.9 Å². The first-order chi connectivity index (χ1) is 7.61. The predicted molar refractivity (Wildman–Crippen MR) is 65.5 cm³/mol. The second-order valence-corrected chi connectivity index (χ2v) is 4.24. The molecule has 2 rings (SSSR count). The molecule has 2 N–H and O–H groups in total. The third-order valence-electron chi connectivity index (χ3n) is 2.29. The summed E-state index contributed by atoms with van der Waals surface area (Å²) in [6, 6.07) is 9.24. The van der Waals surface area contributed by atoms with Gasteiger partial charge in [-0.15, -0.1) is 0 Å². The fourth-order valence-electron chi connectivity index (χ4n) is 1.40. The van der Waals surface area contributed by atoms with Crippen LogP contribution in [0.25, 0.3) is 11.3 Å². The normalized spacial score (nSPS) is 10.1. The highest BCUT2D eigenvalue weighted by Gasteiger charge is 2.09. The largest absolute Gasteiger partial charge is 0.384 e. The lowest BCUT2D eigenvalue weighted by Gasteiger charge is -2.00. The first kappa shape index (κ1) is 10.7. The number of halogens is 1. The Morgan fingerprint density at radius 3 is 2.75 bits per heavy atom. The number of rotatable bonds is 1. The van der Waals surface area contributed by atoms with E-state index in [-0.39, 0.29) is 0 Å². The summed E-state index contributed by atoms with van der Waals surface area (Å²) in [5.74, 6) is 0.587. The lowest BCUT2D eigenvalue weighted by atomic mass is 10.1. The highest BCUT2D eigenvalue weighted by molar-refractivity contribution is 9.10. The van der Waals surface area contributed by atoms with E-state index in [1.54, 1.807) is 29.9 Å². The van der Waals surface area contributed by atoms with Gasteiger partial charge in [0.1, 0.15) is 5.82 Å². The number of aromatic nitrogens is 2. The molecule has 2 aromatic rings. The van der Waals surface area contributed by atoms with Crippen LogP contribution in [0.2, 0.25) is 0 Å². The number of nitriles is 1. The number of hydrogen-bond acceptors (Lipinski definition) is 3. The second kappa shape index (κ2) is 3.99. The van der Waals surface area contributed by atoms with Gasteiger partial charge in [0.15, 0.2) is 0 Å². The van der Waals surface area contributed by atoms with Gasteiger partial charge in [0.05, 0.1) is 17.3 Å². The summed E-state index contributed by atoms with van der Waals surface area (Å²) in [4.78, 5) is 0. The van der Waals surface area contributed by atoms with Crippen LogP contribution in [0, 0.1) is 11.3 Å². The molecule has 0 atom stereocenters. The van der Waals surface area contributed by atoms with Gasteiger partial charge in [-0.2, -0.15) is 10.4 Å². The molecule has 0 radical (unpaired) electrons. The topological polar surface area (TPSA) is 67.6 Å². The maximum atomic E-state index is 8.84. The van der Waals surface area contributed by atoms with Crippen molar-refractivity contribution in [3.8, 4) is 17.3 Å². The molecule has 80 valence electrons. The molecular formula is C11H9BrN4. The van der Waals surface area contributed by atoms with Crippen LogP contribution in [-0.2, 0) is 7.05 Å². The summed E-state index contributed by atoms with van der Waals surface area (Å²) < 4.78 is 2.49. The molecular weight excluding hydrogens is 268 g/mol. The van der Waals surface area contributed by atoms with E-state index in [1.807, 2.05) is 6.07 Å². The number of nitrogens with two attached hydrogens (primary N) is 1. The summed E-state index contributed by atoms with van der Waals surface area (Å²) in [6.45, 7) is 0. The summed E-state index contributed by atoms with van der Waals surface area (Å²) >= 11 is 3.43. The van der Waals surface area contributed by atoms with Crippen molar-refractivity contribution in [1.82, 2.24) is 9.78 Å². The molecule has 0 bridgehead atoms. The number of benzene rings is 1. The number of aryl methyl sites for hydroxylation is 1. The van der Waals surface area contributed by atoms with E-state index in [2.05, 4.69) is 27.1 Å². The Morgan fingerprint density at radius 2 is 2.19 bits per heavy atom. The van der Waals surface area contributed by atoms with Gasteiger partial charge in [-0.05, 0) is 18.2 Å². The number of anilines is 1. The van der Waals surface area contributed by atoms with Crippen molar-refractivity contribution in [1.29, 1.82) is 5.26 Å². The van der Waals surface area contributed by atoms with E-state index in [0.717, 1.165) is 15.7 Å². The molecule has 1 heterocycles. The van der Waals surface area contributed by atoms with Crippen LogP contribution in [-0.4, -0.2) is 9.78 Å². The Labute approximate surface area is 101 Å². The van der Waals surface area contributed by atoms with Crippen LogP contribution in [0.1, 0.15) is 5.56 Å². The Balaban J connectivity index is 2.59. The highest BCUT2D eigenvalue weighted by Crippen LogP contribution is 2.29. The van der Waals surface area contributed by atoms with Gasteiger partial charge in [-0.25, -0.2) is 0 Å². The Bertz CT molecular complexity index is 561. The standard InChI is InChI=1S/C11H9BrN4/c1-16-11(14)5-10(15-16)8-4-7(6-13)2-3-9(8)12/h2-5H,14H2,1H3. The Hall–Kier alpha value is -1.80. The van der Waals surface area contributed by atoms with E-state index in [9.17, 15) is 0 Å². The summed E-state index contributed by atoms with van der Waals surface area (Å²) in [7, 11) is 1.78. The second-order valence-electron chi connectivity index (χ2n) is 3.38. The first-order valence-electron chi connectivity index (χ1n) is 4.61. The monoisotopic (exact) mass is 276 g/mol. The van der Waals surface area contributed by atoms with Crippen LogP contribution < -0.4 is 5.73 Å². The van der Waals surface area contributed by atoms with Crippen LogP contribution >= 0.6 is 15.9 Å².